The van der Waals surface area contributed by atoms with E-state index in [1.54, 1.807) is 0 Å². The number of benzene rings is 1. The molecular weight excluding hydrogens is 152 g/mol. The molecule has 0 fully saturated rings. The summed E-state index contributed by atoms with van der Waals surface area (Å²) < 4.78 is 0. The van der Waals surface area contributed by atoms with E-state index in [0.29, 0.717) is 0 Å². The number of thioether (sulfide) groups is 1. The second-order valence-electron chi connectivity index (χ2n) is 2.74. The van der Waals surface area contributed by atoms with Gasteiger partial charge in [-0.1, -0.05) is 37.3 Å². The third-order valence-electron chi connectivity index (χ3n) is 1.77. The Hall–Kier alpha value is -0.430. The summed E-state index contributed by atoms with van der Waals surface area (Å²) in [6.45, 7) is 2.26. The van der Waals surface area contributed by atoms with E-state index < -0.39 is 0 Å². The van der Waals surface area contributed by atoms with E-state index in [-0.39, 0.29) is 0 Å². The Morgan fingerprint density at radius 2 is 1.91 bits per heavy atom. The van der Waals surface area contributed by atoms with Gasteiger partial charge < -0.3 is 0 Å². The lowest BCUT2D eigenvalue weighted by Crippen LogP contribution is -1.99. The van der Waals surface area contributed by atoms with Gasteiger partial charge in [-0.2, -0.15) is 11.8 Å². The summed E-state index contributed by atoms with van der Waals surface area (Å²) in [5.74, 6) is 0. The van der Waals surface area contributed by atoms with Crippen molar-refractivity contribution in [3.05, 3.63) is 35.9 Å². The SMILES string of the molecule is CS[C@@H](C)Cc1ccccc1. The summed E-state index contributed by atoms with van der Waals surface area (Å²) in [4.78, 5) is 0. The minimum absolute atomic E-state index is 0.734. The predicted octanol–water partition coefficient (Wildman–Crippen LogP) is 2.98. The summed E-state index contributed by atoms with van der Waals surface area (Å²) in [7, 11) is 0. The molecule has 0 aliphatic heterocycles. The molecule has 0 bridgehead atoms. The molecular formula is C10H14S. The van der Waals surface area contributed by atoms with Crippen molar-refractivity contribution < 1.29 is 0 Å². The second kappa shape index (κ2) is 4.45. The summed E-state index contributed by atoms with van der Waals surface area (Å²) >= 11 is 1.92. The quantitative estimate of drug-likeness (QED) is 0.665. The first-order chi connectivity index (χ1) is 5.33. The fourth-order valence-electron chi connectivity index (χ4n) is 1.03. The summed E-state index contributed by atoms with van der Waals surface area (Å²) in [5, 5.41) is 0.734. The van der Waals surface area contributed by atoms with E-state index >= 15 is 0 Å². The monoisotopic (exact) mass is 166 g/mol. The third kappa shape index (κ3) is 2.98. The molecule has 0 N–H and O–H groups in total. The molecule has 0 heterocycles. The Labute approximate surface area is 73.0 Å². The van der Waals surface area contributed by atoms with Gasteiger partial charge in [0.15, 0.2) is 0 Å². The molecule has 1 aromatic carbocycles. The van der Waals surface area contributed by atoms with E-state index in [1.165, 1.54) is 12.0 Å². The van der Waals surface area contributed by atoms with Gasteiger partial charge in [-0.3, -0.25) is 0 Å². The Balaban J connectivity index is 2.51. The minimum Gasteiger partial charge on any atom is -0.162 e. The zero-order valence-corrected chi connectivity index (χ0v) is 7.90. The molecule has 0 saturated carbocycles. The molecule has 1 aromatic rings. The number of hydrogen-bond acceptors (Lipinski definition) is 1. The molecule has 0 unspecified atom stereocenters. The maximum atomic E-state index is 2.26. The van der Waals surface area contributed by atoms with Gasteiger partial charge >= 0.3 is 0 Å². The highest BCUT2D eigenvalue weighted by atomic mass is 32.2. The standard InChI is InChI=1S/C10H14S/c1-9(11-2)8-10-6-4-3-5-7-10/h3-7,9H,8H2,1-2H3/t9-/m0/s1. The van der Waals surface area contributed by atoms with Crippen LogP contribution in [0.2, 0.25) is 0 Å². The van der Waals surface area contributed by atoms with E-state index in [1.807, 2.05) is 11.8 Å². The Morgan fingerprint density at radius 3 is 2.45 bits per heavy atom. The van der Waals surface area contributed by atoms with Crippen LogP contribution in [0.5, 0.6) is 0 Å². The van der Waals surface area contributed by atoms with Crippen molar-refractivity contribution in [3.63, 3.8) is 0 Å². The van der Waals surface area contributed by atoms with Crippen LogP contribution in [0.15, 0.2) is 30.3 Å². The lowest BCUT2D eigenvalue weighted by Gasteiger charge is -2.06. The summed E-state index contributed by atoms with van der Waals surface area (Å²) in [6.07, 6.45) is 3.34. The van der Waals surface area contributed by atoms with Gasteiger partial charge in [-0.15, -0.1) is 0 Å². The molecule has 0 aliphatic rings. The largest absolute Gasteiger partial charge is 0.162 e. The van der Waals surface area contributed by atoms with Gasteiger partial charge in [0.05, 0.1) is 0 Å². The smallest absolute Gasteiger partial charge is 0.00563 e. The maximum absolute atomic E-state index is 2.26. The van der Waals surface area contributed by atoms with Crippen LogP contribution in [0.4, 0.5) is 0 Å². The van der Waals surface area contributed by atoms with Crippen LogP contribution in [0.25, 0.3) is 0 Å². The van der Waals surface area contributed by atoms with Crippen LogP contribution in [-0.4, -0.2) is 11.5 Å². The average molecular weight is 166 g/mol. The van der Waals surface area contributed by atoms with Gasteiger partial charge in [0.25, 0.3) is 0 Å². The molecule has 0 aromatic heterocycles. The fourth-order valence-corrected chi connectivity index (χ4v) is 1.39. The summed E-state index contributed by atoms with van der Waals surface area (Å²) in [5.41, 5.74) is 1.44. The first kappa shape index (κ1) is 8.66. The van der Waals surface area contributed by atoms with Crippen LogP contribution < -0.4 is 0 Å². The lowest BCUT2D eigenvalue weighted by molar-refractivity contribution is 0.946. The molecule has 1 heteroatoms. The highest BCUT2D eigenvalue weighted by Crippen LogP contribution is 2.12. The highest BCUT2D eigenvalue weighted by molar-refractivity contribution is 7.99. The number of hydrogen-bond donors (Lipinski definition) is 0. The molecule has 60 valence electrons. The summed E-state index contributed by atoms with van der Waals surface area (Å²) in [6, 6.07) is 10.6. The van der Waals surface area contributed by atoms with Crippen LogP contribution >= 0.6 is 11.8 Å². The fraction of sp³-hybridized carbons (Fsp3) is 0.400. The minimum atomic E-state index is 0.734. The zero-order valence-electron chi connectivity index (χ0n) is 7.08. The molecule has 0 amide bonds. The zero-order chi connectivity index (χ0) is 8.10. The van der Waals surface area contributed by atoms with Gasteiger partial charge in [-0.25, -0.2) is 0 Å². The molecule has 0 radical (unpaired) electrons. The van der Waals surface area contributed by atoms with Gasteiger partial charge in [0.1, 0.15) is 0 Å². The van der Waals surface area contributed by atoms with Crippen molar-refractivity contribution in [3.8, 4) is 0 Å². The van der Waals surface area contributed by atoms with Crippen molar-refractivity contribution in [2.45, 2.75) is 18.6 Å². The normalized spacial score (nSPS) is 12.9. The average Bonchev–Trinajstić information content (AvgIpc) is 2.06. The van der Waals surface area contributed by atoms with Crippen molar-refractivity contribution in [1.82, 2.24) is 0 Å². The Kier molecular flexibility index (Phi) is 3.50. The van der Waals surface area contributed by atoms with Crippen LogP contribution in [0, 0.1) is 0 Å². The van der Waals surface area contributed by atoms with Crippen molar-refractivity contribution in [2.24, 2.45) is 0 Å². The van der Waals surface area contributed by atoms with Crippen LogP contribution in [0.3, 0.4) is 0 Å². The van der Waals surface area contributed by atoms with Crippen molar-refractivity contribution in [2.75, 3.05) is 6.26 Å². The Morgan fingerprint density at radius 1 is 1.27 bits per heavy atom. The molecule has 0 saturated heterocycles. The van der Waals surface area contributed by atoms with Crippen molar-refractivity contribution >= 4 is 11.8 Å². The maximum Gasteiger partial charge on any atom is 0.00563 e. The van der Waals surface area contributed by atoms with Gasteiger partial charge in [0.2, 0.25) is 0 Å². The van der Waals surface area contributed by atoms with Gasteiger partial charge in [-0.05, 0) is 18.2 Å². The van der Waals surface area contributed by atoms with Crippen molar-refractivity contribution in [1.29, 1.82) is 0 Å². The molecule has 1 atom stereocenters. The van der Waals surface area contributed by atoms with Crippen LogP contribution in [0.1, 0.15) is 12.5 Å². The lowest BCUT2D eigenvalue weighted by atomic mass is 10.1. The molecule has 0 spiro atoms. The molecule has 11 heavy (non-hydrogen) atoms. The highest BCUT2D eigenvalue weighted by Gasteiger charge is 1.99. The van der Waals surface area contributed by atoms with E-state index in [2.05, 4.69) is 43.5 Å². The van der Waals surface area contributed by atoms with E-state index in [0.717, 1.165) is 5.25 Å². The molecule has 0 aliphatic carbocycles. The molecule has 1 rings (SSSR count). The Bertz CT molecular complexity index is 193. The second-order valence-corrected chi connectivity index (χ2v) is 4.01. The number of rotatable bonds is 3. The topological polar surface area (TPSA) is 0 Å². The van der Waals surface area contributed by atoms with E-state index in [4.69, 9.17) is 0 Å². The molecule has 0 nitrogen and oxygen atoms in total. The predicted molar refractivity (Wildman–Crippen MR) is 53.1 cm³/mol. The first-order valence-corrected chi connectivity index (χ1v) is 5.18. The van der Waals surface area contributed by atoms with Crippen LogP contribution in [-0.2, 0) is 6.42 Å². The van der Waals surface area contributed by atoms with E-state index in [9.17, 15) is 0 Å². The first-order valence-electron chi connectivity index (χ1n) is 3.89. The third-order valence-corrected chi connectivity index (χ3v) is 2.74. The van der Waals surface area contributed by atoms with Gasteiger partial charge in [0, 0.05) is 5.25 Å².